The van der Waals surface area contributed by atoms with Crippen molar-refractivity contribution in [3.05, 3.63) is 29.3 Å². The van der Waals surface area contributed by atoms with Crippen molar-refractivity contribution in [1.82, 2.24) is 10.2 Å². The molecule has 2 saturated heterocycles. The minimum absolute atomic E-state index is 0.109. The van der Waals surface area contributed by atoms with E-state index in [9.17, 15) is 24.0 Å². The van der Waals surface area contributed by atoms with Crippen LogP contribution < -0.4 is 10.2 Å². The lowest BCUT2D eigenvalue weighted by molar-refractivity contribution is -0.136. The molecule has 0 bridgehead atoms. The molecule has 4 amide bonds. The van der Waals surface area contributed by atoms with Crippen molar-refractivity contribution < 1.29 is 24.0 Å². The molecule has 3 heterocycles. The number of hydrogen-bond donors (Lipinski definition) is 1. The third-order valence-corrected chi connectivity index (χ3v) is 7.90. The number of piperidine rings is 2. The maximum atomic E-state index is 13.1. The van der Waals surface area contributed by atoms with Crippen LogP contribution in [0.25, 0.3) is 0 Å². The maximum absolute atomic E-state index is 13.1. The summed E-state index contributed by atoms with van der Waals surface area (Å²) >= 11 is 0. The highest BCUT2D eigenvalue weighted by Crippen LogP contribution is 2.46. The van der Waals surface area contributed by atoms with Crippen LogP contribution in [0.4, 0.5) is 5.69 Å². The molecule has 1 aliphatic carbocycles. The predicted molar refractivity (Wildman–Crippen MR) is 115 cm³/mol. The van der Waals surface area contributed by atoms with Gasteiger partial charge in [-0.15, -0.1) is 0 Å². The molecule has 1 atom stereocenters. The molecule has 1 aromatic rings. The molecule has 8 heteroatoms. The molecule has 1 saturated carbocycles. The van der Waals surface area contributed by atoms with Gasteiger partial charge in [-0.2, -0.15) is 0 Å². The molecule has 32 heavy (non-hydrogen) atoms. The Labute approximate surface area is 186 Å². The topological polar surface area (TPSA) is 104 Å². The number of imide groups is 2. The van der Waals surface area contributed by atoms with Crippen LogP contribution in [0.1, 0.15) is 72.1 Å². The molecule has 0 radical (unpaired) electrons. The van der Waals surface area contributed by atoms with E-state index >= 15 is 0 Å². The average Bonchev–Trinajstić information content (AvgIpc) is 3.05. The van der Waals surface area contributed by atoms with Gasteiger partial charge in [0.1, 0.15) is 12.3 Å². The fourth-order valence-corrected chi connectivity index (χ4v) is 5.78. The first-order valence-electron chi connectivity index (χ1n) is 11.5. The van der Waals surface area contributed by atoms with E-state index < -0.39 is 23.8 Å². The Morgan fingerprint density at radius 2 is 1.59 bits per heavy atom. The number of anilines is 1. The number of carbonyl (C=O) groups is 5. The van der Waals surface area contributed by atoms with Gasteiger partial charge in [0.2, 0.25) is 11.8 Å². The van der Waals surface area contributed by atoms with E-state index in [1.165, 1.54) is 0 Å². The third kappa shape index (κ3) is 3.42. The average molecular weight is 437 g/mol. The zero-order valence-electron chi connectivity index (χ0n) is 18.0. The first-order chi connectivity index (χ1) is 15.4. The Morgan fingerprint density at radius 3 is 2.25 bits per heavy atom. The summed E-state index contributed by atoms with van der Waals surface area (Å²) in [5.41, 5.74) is 1.86. The lowest BCUT2D eigenvalue weighted by Gasteiger charge is -2.46. The minimum Gasteiger partial charge on any atom is -0.371 e. The summed E-state index contributed by atoms with van der Waals surface area (Å²) in [5, 5.41) is 2.22. The molecule has 5 rings (SSSR count). The van der Waals surface area contributed by atoms with Crippen molar-refractivity contribution in [3.8, 4) is 0 Å². The van der Waals surface area contributed by atoms with E-state index in [-0.39, 0.29) is 24.7 Å². The number of fused-ring (bicyclic) bond motifs is 1. The molecule has 1 unspecified atom stereocenters. The number of benzene rings is 1. The van der Waals surface area contributed by atoms with Crippen molar-refractivity contribution in [2.75, 3.05) is 18.0 Å². The van der Waals surface area contributed by atoms with E-state index in [1.54, 1.807) is 12.1 Å². The Morgan fingerprint density at radius 1 is 0.906 bits per heavy atom. The molecular formula is C24H27N3O5. The van der Waals surface area contributed by atoms with Gasteiger partial charge in [0.05, 0.1) is 11.1 Å². The largest absolute Gasteiger partial charge is 0.371 e. The van der Waals surface area contributed by atoms with Crippen LogP contribution in [0, 0.1) is 11.3 Å². The number of nitrogens with one attached hydrogen (secondary N) is 1. The Hall–Kier alpha value is -3.03. The van der Waals surface area contributed by atoms with Gasteiger partial charge < -0.3 is 9.69 Å². The van der Waals surface area contributed by atoms with Crippen LogP contribution >= 0.6 is 0 Å². The smallest absolute Gasteiger partial charge is 0.262 e. The summed E-state index contributed by atoms with van der Waals surface area (Å²) < 4.78 is 0. The Balaban J connectivity index is 1.30. The molecule has 0 aromatic heterocycles. The van der Waals surface area contributed by atoms with E-state index in [0.717, 1.165) is 68.5 Å². The highest BCUT2D eigenvalue weighted by molar-refractivity contribution is 6.23. The van der Waals surface area contributed by atoms with Crippen LogP contribution in [0.3, 0.4) is 0 Å². The zero-order chi connectivity index (χ0) is 22.5. The second kappa shape index (κ2) is 7.83. The van der Waals surface area contributed by atoms with Crippen LogP contribution in [0.5, 0.6) is 0 Å². The number of aldehydes is 1. The van der Waals surface area contributed by atoms with Gasteiger partial charge in [-0.25, -0.2) is 0 Å². The van der Waals surface area contributed by atoms with Crippen molar-refractivity contribution in [2.45, 2.75) is 57.4 Å². The monoisotopic (exact) mass is 437 g/mol. The van der Waals surface area contributed by atoms with Crippen LogP contribution in [-0.2, 0) is 14.4 Å². The number of rotatable bonds is 3. The molecule has 4 aliphatic rings. The summed E-state index contributed by atoms with van der Waals surface area (Å²) in [6.07, 6.45) is 7.65. The predicted octanol–water partition coefficient (Wildman–Crippen LogP) is 2.06. The Bertz CT molecular complexity index is 1000. The zero-order valence-corrected chi connectivity index (χ0v) is 18.0. The maximum Gasteiger partial charge on any atom is 0.262 e. The fourth-order valence-electron chi connectivity index (χ4n) is 5.78. The molecule has 1 N–H and O–H groups in total. The van der Waals surface area contributed by atoms with Gasteiger partial charge in [0.15, 0.2) is 0 Å². The van der Waals surface area contributed by atoms with Gasteiger partial charge in [0.25, 0.3) is 11.8 Å². The van der Waals surface area contributed by atoms with Crippen LogP contribution in [-0.4, -0.2) is 53.9 Å². The van der Waals surface area contributed by atoms with Gasteiger partial charge in [-0.05, 0) is 68.6 Å². The van der Waals surface area contributed by atoms with E-state index in [4.69, 9.17) is 0 Å². The lowest BCUT2D eigenvalue weighted by Crippen LogP contribution is -2.54. The first kappa shape index (κ1) is 20.8. The SMILES string of the molecule is O=CC1CCC2(CC1)CCN(c1ccc3c(c1)C(=O)N(C1CCC(=O)NC1=O)C3=O)CC2. The summed E-state index contributed by atoms with van der Waals surface area (Å²) in [4.78, 5) is 63.9. The number of hydrogen-bond acceptors (Lipinski definition) is 6. The van der Waals surface area contributed by atoms with Crippen LogP contribution in [0.15, 0.2) is 18.2 Å². The number of carbonyl (C=O) groups excluding carboxylic acids is 5. The summed E-state index contributed by atoms with van der Waals surface area (Å²) in [5.74, 6) is -1.71. The van der Waals surface area contributed by atoms with Crippen molar-refractivity contribution in [1.29, 1.82) is 0 Å². The van der Waals surface area contributed by atoms with Gasteiger partial charge in [0, 0.05) is 31.1 Å². The molecule has 168 valence electrons. The molecule has 3 aliphatic heterocycles. The molecule has 8 nitrogen and oxygen atoms in total. The first-order valence-corrected chi connectivity index (χ1v) is 11.5. The van der Waals surface area contributed by atoms with Crippen LogP contribution in [0.2, 0.25) is 0 Å². The van der Waals surface area contributed by atoms with E-state index in [1.807, 2.05) is 6.07 Å². The summed E-state index contributed by atoms with van der Waals surface area (Å²) in [7, 11) is 0. The number of amides is 4. The molecule has 1 aromatic carbocycles. The number of nitrogens with zero attached hydrogens (tertiary/aromatic N) is 2. The quantitative estimate of drug-likeness (QED) is 0.574. The Kier molecular flexibility index (Phi) is 5.10. The van der Waals surface area contributed by atoms with Crippen molar-refractivity contribution >= 4 is 35.6 Å². The summed E-state index contributed by atoms with van der Waals surface area (Å²) in [6.45, 7) is 1.76. The van der Waals surface area contributed by atoms with Gasteiger partial charge >= 0.3 is 0 Å². The summed E-state index contributed by atoms with van der Waals surface area (Å²) in [6, 6.07) is 4.37. The van der Waals surface area contributed by atoms with Gasteiger partial charge in [-0.3, -0.25) is 29.4 Å². The normalized spacial score (nSPS) is 25.8. The molecular weight excluding hydrogens is 410 g/mol. The van der Waals surface area contributed by atoms with Crippen molar-refractivity contribution in [2.24, 2.45) is 11.3 Å². The van der Waals surface area contributed by atoms with E-state index in [0.29, 0.717) is 16.5 Å². The second-order valence-corrected chi connectivity index (χ2v) is 9.64. The van der Waals surface area contributed by atoms with Crippen molar-refractivity contribution in [3.63, 3.8) is 0 Å². The third-order valence-electron chi connectivity index (χ3n) is 7.90. The highest BCUT2D eigenvalue weighted by atomic mass is 16.2. The minimum atomic E-state index is -0.945. The lowest BCUT2D eigenvalue weighted by atomic mass is 9.65. The molecule has 1 spiro atoms. The standard InChI is InChI=1S/C24H27N3O5/c28-14-15-5-7-24(8-6-15)9-11-26(12-10-24)16-1-2-17-18(13-16)23(32)27(22(17)31)19-3-4-20(29)25-21(19)30/h1-2,13-15,19H,3-12H2,(H,25,29,30). The fraction of sp³-hybridized carbons (Fsp3) is 0.542. The highest BCUT2D eigenvalue weighted by Gasteiger charge is 2.45. The molecule has 3 fully saturated rings. The van der Waals surface area contributed by atoms with E-state index in [2.05, 4.69) is 10.2 Å². The van der Waals surface area contributed by atoms with Gasteiger partial charge in [-0.1, -0.05) is 0 Å². The second-order valence-electron chi connectivity index (χ2n) is 9.64.